The molecule has 1 atom stereocenters. The normalized spacial score (nSPS) is 17.3. The fraction of sp³-hybridized carbons (Fsp3) is 0.286. The van der Waals surface area contributed by atoms with E-state index in [1.165, 1.54) is 60.8 Å². The number of hydrogen-bond acceptors (Lipinski definition) is 6. The van der Waals surface area contributed by atoms with Crippen LogP contribution in [0.4, 0.5) is 18.9 Å². The summed E-state index contributed by atoms with van der Waals surface area (Å²) in [7, 11) is -2.15. The maximum atomic E-state index is 14.5. The average Bonchev–Trinajstić information content (AvgIpc) is 3.52. The van der Waals surface area contributed by atoms with Crippen molar-refractivity contribution in [2.45, 2.75) is 25.9 Å². The lowest BCUT2D eigenvalue weighted by Crippen LogP contribution is -2.31. The fourth-order valence-corrected chi connectivity index (χ4v) is 6.39. The number of carbonyl (C=O) groups excluding carboxylic acids is 1. The molecule has 1 fully saturated rings. The number of aromatic nitrogens is 1. The first kappa shape index (κ1) is 28.7. The first-order chi connectivity index (χ1) is 19.3. The summed E-state index contributed by atoms with van der Waals surface area (Å²) < 4.78 is 77.0. The van der Waals surface area contributed by atoms with Crippen LogP contribution in [-0.2, 0) is 17.1 Å². The summed E-state index contributed by atoms with van der Waals surface area (Å²) in [6.45, 7) is 3.09. The molecule has 0 saturated carbocycles. The lowest BCUT2D eigenvalue weighted by atomic mass is 10.0. The number of sulfonamides is 1. The number of nitrogens with zero attached hydrogens (tertiary/aromatic N) is 2. The van der Waals surface area contributed by atoms with Gasteiger partial charge in [0.2, 0.25) is 10.0 Å². The SMILES string of the molecule is CCS(=O)(=O)Nc1ccc(Oc2ccc(F)cc2F)c(-c2cn(C)c(=O)c3cc(C(=O)N4CCC(C)(F)C4)sc23)c1. The van der Waals surface area contributed by atoms with E-state index in [-0.39, 0.29) is 63.8 Å². The molecule has 216 valence electrons. The molecule has 0 spiro atoms. The molecule has 1 unspecified atom stereocenters. The average molecular weight is 606 g/mol. The van der Waals surface area contributed by atoms with Gasteiger partial charge in [0.05, 0.1) is 27.3 Å². The number of nitrogens with one attached hydrogen (secondary N) is 1. The van der Waals surface area contributed by atoms with Gasteiger partial charge in [0, 0.05) is 49.1 Å². The molecule has 0 aliphatic carbocycles. The van der Waals surface area contributed by atoms with Crippen LogP contribution in [0.15, 0.2) is 53.5 Å². The summed E-state index contributed by atoms with van der Waals surface area (Å²) in [4.78, 5) is 28.0. The van der Waals surface area contributed by atoms with Gasteiger partial charge in [-0.25, -0.2) is 21.6 Å². The van der Waals surface area contributed by atoms with E-state index >= 15 is 0 Å². The molecular weight excluding hydrogens is 579 g/mol. The van der Waals surface area contributed by atoms with E-state index in [0.29, 0.717) is 16.3 Å². The number of pyridine rings is 1. The van der Waals surface area contributed by atoms with Crippen molar-refractivity contribution < 1.29 is 31.1 Å². The smallest absolute Gasteiger partial charge is 0.264 e. The van der Waals surface area contributed by atoms with Crippen LogP contribution in [0, 0.1) is 11.6 Å². The first-order valence-corrected chi connectivity index (χ1v) is 15.1. The van der Waals surface area contributed by atoms with Crippen molar-refractivity contribution >= 4 is 43.0 Å². The zero-order valence-corrected chi connectivity index (χ0v) is 24.0. The number of hydrogen-bond donors (Lipinski definition) is 1. The van der Waals surface area contributed by atoms with Crippen molar-refractivity contribution in [1.29, 1.82) is 0 Å². The maximum absolute atomic E-state index is 14.5. The fourth-order valence-electron chi connectivity index (χ4n) is 4.62. The number of alkyl halides is 1. The Morgan fingerprint density at radius 2 is 1.85 bits per heavy atom. The standard InChI is InChI=1S/C28H26F3N3O5S2/c1-4-41(37,38)32-17-6-8-22(39-23-7-5-16(29)11-21(23)30)18(12-17)20-14-33(3)26(35)19-13-24(40-25(19)20)27(36)34-10-9-28(2,31)15-34/h5-8,11-14,32H,4,9-10,15H2,1-3H3. The topological polar surface area (TPSA) is 97.7 Å². The molecule has 4 aromatic rings. The summed E-state index contributed by atoms with van der Waals surface area (Å²) in [6.07, 6.45) is 1.71. The third kappa shape index (κ3) is 5.82. The second-order valence-corrected chi connectivity index (χ2v) is 13.2. The summed E-state index contributed by atoms with van der Waals surface area (Å²) in [5.74, 6) is -2.52. The van der Waals surface area contributed by atoms with Gasteiger partial charge in [0.15, 0.2) is 11.6 Å². The van der Waals surface area contributed by atoms with Gasteiger partial charge in [0.25, 0.3) is 11.5 Å². The van der Waals surface area contributed by atoms with Gasteiger partial charge in [0.1, 0.15) is 17.2 Å². The van der Waals surface area contributed by atoms with Crippen molar-refractivity contribution in [3.8, 4) is 22.6 Å². The van der Waals surface area contributed by atoms with Crippen LogP contribution in [0.3, 0.4) is 0 Å². The minimum absolute atomic E-state index is 0.0637. The van der Waals surface area contributed by atoms with Gasteiger partial charge in [-0.05, 0) is 50.2 Å². The molecule has 1 N–H and O–H groups in total. The van der Waals surface area contributed by atoms with Gasteiger partial charge in [-0.3, -0.25) is 14.3 Å². The number of halogens is 3. The molecule has 1 saturated heterocycles. The Kier molecular flexibility index (Phi) is 7.36. The lowest BCUT2D eigenvalue weighted by Gasteiger charge is -2.16. The summed E-state index contributed by atoms with van der Waals surface area (Å²) in [5.41, 5.74) is -1.02. The molecule has 0 radical (unpaired) electrons. The predicted octanol–water partition coefficient (Wildman–Crippen LogP) is 5.67. The minimum Gasteiger partial charge on any atom is -0.454 e. The minimum atomic E-state index is -3.66. The van der Waals surface area contributed by atoms with Gasteiger partial charge in [-0.15, -0.1) is 11.3 Å². The van der Waals surface area contributed by atoms with E-state index in [4.69, 9.17) is 4.74 Å². The second kappa shape index (κ2) is 10.5. The summed E-state index contributed by atoms with van der Waals surface area (Å²) in [5, 5.41) is 0.221. The number of amides is 1. The Labute approximate surface area is 238 Å². The zero-order chi connectivity index (χ0) is 29.7. The number of rotatable bonds is 7. The van der Waals surface area contributed by atoms with Gasteiger partial charge in [-0.1, -0.05) is 0 Å². The van der Waals surface area contributed by atoms with Crippen LogP contribution in [0.2, 0.25) is 0 Å². The molecule has 2 aromatic carbocycles. The van der Waals surface area contributed by atoms with Crippen LogP contribution < -0.4 is 15.0 Å². The van der Waals surface area contributed by atoms with Crippen molar-refractivity contribution in [1.82, 2.24) is 9.47 Å². The number of aryl methyl sites for hydroxylation is 1. The van der Waals surface area contributed by atoms with Crippen LogP contribution >= 0.6 is 11.3 Å². The lowest BCUT2D eigenvalue weighted by molar-refractivity contribution is 0.0765. The van der Waals surface area contributed by atoms with Crippen LogP contribution in [0.25, 0.3) is 21.2 Å². The molecule has 1 amide bonds. The van der Waals surface area contributed by atoms with Crippen LogP contribution in [-0.4, -0.2) is 48.3 Å². The highest BCUT2D eigenvalue weighted by atomic mass is 32.2. The Morgan fingerprint density at radius 3 is 2.51 bits per heavy atom. The third-order valence-electron chi connectivity index (χ3n) is 6.81. The van der Waals surface area contributed by atoms with Crippen molar-refractivity contribution in [2.75, 3.05) is 23.6 Å². The molecular formula is C28H26F3N3O5S2. The Bertz CT molecular complexity index is 1850. The Morgan fingerprint density at radius 1 is 1.12 bits per heavy atom. The van der Waals surface area contributed by atoms with Crippen molar-refractivity contribution in [3.63, 3.8) is 0 Å². The first-order valence-electron chi connectivity index (χ1n) is 12.7. The van der Waals surface area contributed by atoms with Crippen molar-refractivity contribution in [3.05, 3.63) is 75.5 Å². The highest BCUT2D eigenvalue weighted by Gasteiger charge is 2.37. The number of carbonyl (C=O) groups is 1. The molecule has 5 rings (SSSR count). The molecule has 1 aliphatic heterocycles. The molecule has 41 heavy (non-hydrogen) atoms. The zero-order valence-electron chi connectivity index (χ0n) is 22.3. The Hall–Kier alpha value is -3.84. The van der Waals surface area contributed by atoms with E-state index in [1.807, 2.05) is 0 Å². The molecule has 0 bridgehead atoms. The van der Waals surface area contributed by atoms with Gasteiger partial charge in [-0.2, -0.15) is 0 Å². The summed E-state index contributed by atoms with van der Waals surface area (Å²) >= 11 is 1.04. The highest BCUT2D eigenvalue weighted by Crippen LogP contribution is 2.42. The van der Waals surface area contributed by atoms with Crippen molar-refractivity contribution in [2.24, 2.45) is 7.05 Å². The molecule has 13 heteroatoms. The number of thiophene rings is 1. The van der Waals surface area contributed by atoms with E-state index in [1.54, 1.807) is 0 Å². The summed E-state index contributed by atoms with van der Waals surface area (Å²) in [6, 6.07) is 8.61. The van der Waals surface area contributed by atoms with E-state index in [2.05, 4.69) is 4.72 Å². The second-order valence-electron chi connectivity index (χ2n) is 10.1. The van der Waals surface area contributed by atoms with Crippen LogP contribution in [0.1, 0.15) is 29.9 Å². The molecule has 2 aromatic heterocycles. The van der Waals surface area contributed by atoms with E-state index in [9.17, 15) is 31.2 Å². The number of likely N-dealkylation sites (tertiary alicyclic amines) is 1. The van der Waals surface area contributed by atoms with Gasteiger partial charge < -0.3 is 14.2 Å². The molecule has 3 heterocycles. The number of benzene rings is 2. The molecule has 8 nitrogen and oxygen atoms in total. The Balaban J connectivity index is 1.68. The largest absolute Gasteiger partial charge is 0.454 e. The van der Waals surface area contributed by atoms with Gasteiger partial charge >= 0.3 is 0 Å². The van der Waals surface area contributed by atoms with Crippen LogP contribution in [0.5, 0.6) is 11.5 Å². The third-order valence-corrected chi connectivity index (χ3v) is 9.27. The maximum Gasteiger partial charge on any atom is 0.264 e. The number of fused-ring (bicyclic) bond motifs is 1. The monoisotopic (exact) mass is 605 g/mol. The molecule has 1 aliphatic rings. The predicted molar refractivity (Wildman–Crippen MR) is 152 cm³/mol. The number of anilines is 1. The van der Waals surface area contributed by atoms with E-state index < -0.39 is 33.2 Å². The highest BCUT2D eigenvalue weighted by molar-refractivity contribution is 7.92. The number of ether oxygens (including phenoxy) is 1. The van der Waals surface area contributed by atoms with E-state index in [0.717, 1.165) is 23.5 Å². The quantitative estimate of drug-likeness (QED) is 0.293.